The van der Waals surface area contributed by atoms with Gasteiger partial charge in [-0.05, 0) is 84.9 Å². The van der Waals surface area contributed by atoms with Crippen LogP contribution in [0.5, 0.6) is 5.75 Å². The first-order valence-corrected chi connectivity index (χ1v) is 30.5. The van der Waals surface area contributed by atoms with Crippen molar-refractivity contribution >= 4 is 94.4 Å². The maximum absolute atomic E-state index is 14.6. The van der Waals surface area contributed by atoms with Gasteiger partial charge in [-0.2, -0.15) is 0 Å². The van der Waals surface area contributed by atoms with Gasteiger partial charge in [-0.3, -0.25) is 52.9 Å². The van der Waals surface area contributed by atoms with Crippen molar-refractivity contribution in [1.29, 1.82) is 0 Å². The number of likely N-dealkylation sites (tertiary alicyclic amines) is 1. The number of aromatic hydroxyl groups is 1. The average molecular weight is 1320 g/mol. The molecular formula is C64H84ClN15O14. The molecule has 1 aliphatic heterocycles. The zero-order valence-electron chi connectivity index (χ0n) is 52.2. The van der Waals surface area contributed by atoms with Crippen molar-refractivity contribution in [1.82, 2.24) is 57.7 Å². The number of nitrogens with two attached hydrogens (primary N) is 3. The van der Waals surface area contributed by atoms with Gasteiger partial charge in [0.2, 0.25) is 59.1 Å². The van der Waals surface area contributed by atoms with E-state index >= 15 is 0 Å². The number of nitrogens with zero attached hydrogens (tertiary/aromatic N) is 2. The number of ether oxygens (including phenoxy) is 1. The van der Waals surface area contributed by atoms with Gasteiger partial charge in [-0.1, -0.05) is 105 Å². The van der Waals surface area contributed by atoms with E-state index < -0.39 is 127 Å². The van der Waals surface area contributed by atoms with E-state index in [2.05, 4.69) is 57.8 Å². The fourth-order valence-electron chi connectivity index (χ4n) is 10.2. The van der Waals surface area contributed by atoms with Crippen LogP contribution in [0.2, 0.25) is 0 Å². The smallest absolute Gasteiger partial charge is 0.408 e. The number of phenolic OH excluding ortho intramolecular Hbond substituents is 1. The number of benzene rings is 4. The zero-order chi connectivity index (χ0) is 67.4. The van der Waals surface area contributed by atoms with Crippen LogP contribution in [0.3, 0.4) is 0 Å². The number of H-pyrrole nitrogens is 1. The second-order valence-corrected chi connectivity index (χ2v) is 22.7. The molecule has 0 aliphatic carbocycles. The molecule has 1 aliphatic rings. The third-order valence-corrected chi connectivity index (χ3v) is 15.0. The summed E-state index contributed by atoms with van der Waals surface area (Å²) in [7, 11) is 0. The number of phenols is 1. The van der Waals surface area contributed by atoms with Crippen LogP contribution in [-0.2, 0) is 78.7 Å². The normalized spacial score (nSPS) is 14.4. The summed E-state index contributed by atoms with van der Waals surface area (Å²) in [5, 5.41) is 44.7. The Morgan fingerprint density at radius 1 is 0.628 bits per heavy atom. The summed E-state index contributed by atoms with van der Waals surface area (Å²) in [5.74, 6) is -8.54. The molecule has 0 unspecified atom stereocenters. The third-order valence-electron chi connectivity index (χ3n) is 15.0. The van der Waals surface area contributed by atoms with E-state index in [-0.39, 0.29) is 108 Å². The number of halogens is 1. The second-order valence-electron chi connectivity index (χ2n) is 22.7. The predicted octanol–water partition coefficient (Wildman–Crippen LogP) is -0.303. The number of aliphatic hydroxyl groups excluding tert-OH is 1. The van der Waals surface area contributed by atoms with Crippen molar-refractivity contribution in [3.63, 3.8) is 0 Å². The number of aromatic nitrogens is 1. The number of rotatable bonds is 35. The van der Waals surface area contributed by atoms with Crippen molar-refractivity contribution in [2.45, 2.75) is 127 Å². The van der Waals surface area contributed by atoms with Crippen LogP contribution in [0.4, 0.5) is 4.79 Å². The molecule has 1 aromatic heterocycles. The lowest BCUT2D eigenvalue weighted by molar-refractivity contribution is -0.142. The molecule has 0 bridgehead atoms. The van der Waals surface area contributed by atoms with Crippen molar-refractivity contribution in [3.8, 4) is 5.75 Å². The van der Waals surface area contributed by atoms with Crippen LogP contribution < -0.4 is 65.1 Å². The second kappa shape index (κ2) is 37.9. The molecule has 18 N–H and O–H groups in total. The Balaban J connectivity index is 0.0000160. The molecule has 4 aromatic carbocycles. The molecule has 11 amide bonds. The van der Waals surface area contributed by atoms with E-state index in [9.17, 15) is 63.0 Å². The fourth-order valence-corrected chi connectivity index (χ4v) is 10.2. The maximum atomic E-state index is 14.6. The van der Waals surface area contributed by atoms with Gasteiger partial charge in [0.15, 0.2) is 5.96 Å². The summed E-state index contributed by atoms with van der Waals surface area (Å²) < 4.78 is 5.42. The SMILES string of the molecule is CC(C)C[C@H](NC(=O)CNC(=O)[C@H](Cc1ccc(O)cc1)NC(=O)[C@H](CO)NC(=O)[C@H](Cc1c[nH]c2ccccc12)NC(=O)[C@H](CCC(=O)NCc1ccccc1)NC(=O)OCc1ccccc1)C(=O)N[C@@H](CCCN=C(N)N)C(=O)N1CCC[C@H]1C(=O)NCC(N)=O.Cl. The average Bonchev–Trinajstić information content (AvgIpc) is 1.64. The third kappa shape index (κ3) is 24.4. The molecule has 0 spiro atoms. The predicted molar refractivity (Wildman–Crippen MR) is 348 cm³/mol. The van der Waals surface area contributed by atoms with E-state index in [0.717, 1.165) is 5.56 Å². The molecule has 2 heterocycles. The first-order chi connectivity index (χ1) is 44.6. The van der Waals surface area contributed by atoms with E-state index in [1.807, 2.05) is 30.3 Å². The molecule has 6 rings (SSSR count). The number of aromatic amines is 1. The lowest BCUT2D eigenvalue weighted by Crippen LogP contribution is -2.60. The molecule has 506 valence electrons. The number of alkyl carbamates (subject to hydrolysis) is 1. The van der Waals surface area contributed by atoms with Crippen LogP contribution in [0, 0.1) is 5.92 Å². The summed E-state index contributed by atoms with van der Waals surface area (Å²) in [4.78, 5) is 159. The molecule has 94 heavy (non-hydrogen) atoms. The molecule has 29 nitrogen and oxygen atoms in total. The first kappa shape index (κ1) is 74.4. The van der Waals surface area contributed by atoms with Gasteiger partial charge in [0.1, 0.15) is 54.6 Å². The van der Waals surface area contributed by atoms with Crippen LogP contribution in [0.15, 0.2) is 120 Å². The number of hydrogen-bond donors (Lipinski definition) is 15. The highest BCUT2D eigenvalue weighted by molar-refractivity contribution is 5.98. The number of carbonyl (C=O) groups is 11. The maximum Gasteiger partial charge on any atom is 0.408 e. The van der Waals surface area contributed by atoms with Crippen molar-refractivity contribution < 1.29 is 67.7 Å². The molecule has 30 heteroatoms. The van der Waals surface area contributed by atoms with Crippen LogP contribution in [-0.4, -0.2) is 166 Å². The number of aliphatic hydroxyl groups is 1. The summed E-state index contributed by atoms with van der Waals surface area (Å²) >= 11 is 0. The highest BCUT2D eigenvalue weighted by atomic mass is 35.5. The summed E-state index contributed by atoms with van der Waals surface area (Å²) in [6, 6.07) is 20.8. The largest absolute Gasteiger partial charge is 0.508 e. The highest BCUT2D eigenvalue weighted by Crippen LogP contribution is 2.22. The zero-order valence-corrected chi connectivity index (χ0v) is 53.0. The van der Waals surface area contributed by atoms with Gasteiger partial charge in [0.05, 0.1) is 19.7 Å². The van der Waals surface area contributed by atoms with Crippen LogP contribution in [0.1, 0.15) is 81.0 Å². The number of para-hydroxylation sites is 1. The van der Waals surface area contributed by atoms with Gasteiger partial charge in [0.25, 0.3) is 0 Å². The first-order valence-electron chi connectivity index (χ1n) is 30.5. The number of carbonyl (C=O) groups excluding carboxylic acids is 11. The Bertz CT molecular complexity index is 3410. The molecule has 1 fully saturated rings. The number of primary amides is 1. The van der Waals surface area contributed by atoms with Crippen molar-refractivity contribution in [2.75, 3.05) is 32.8 Å². The van der Waals surface area contributed by atoms with E-state index in [1.165, 1.54) is 29.2 Å². The molecule has 1 saturated heterocycles. The van der Waals surface area contributed by atoms with E-state index in [0.29, 0.717) is 34.0 Å². The molecule has 7 atom stereocenters. The topological polar surface area (TPSA) is 455 Å². The number of fused-ring (bicyclic) bond motifs is 1. The quantitative estimate of drug-likeness (QED) is 0.0141. The Hall–Kier alpha value is -10.3. The van der Waals surface area contributed by atoms with Gasteiger partial charge in [-0.15, -0.1) is 12.4 Å². The standard InChI is InChI=1S/C64H83N15O14.ClH/c1-38(2)29-48(58(87)74-47(19-11-27-68-63(66)67)62(91)79-28-12-20-52(79)61(90)71-34-53(65)82)73-55(84)35-72-56(85)49(30-39-21-23-43(81)24-22-39)75-60(89)51(36-80)77-59(88)50(31-42-33-69-45-18-10-9-17-44(42)45)76-57(86)46(78-64(92)93-37-41-15-7-4-8-16-41)25-26-54(83)70-32-40-13-5-3-6-14-40;/h3-10,13-18,21-24,33,38,46-52,69,80-81H,11-12,19-20,25-32,34-37H2,1-2H3,(H2,65,82)(H,70,83)(H,71,90)(H,72,85)(H,73,84)(H,74,87)(H,75,89)(H,76,86)(H,77,88)(H,78,92)(H4,66,67,68);1H/t46-,47-,48-,49-,50-,51-,52-;/m0./s1. The Morgan fingerprint density at radius 2 is 1.23 bits per heavy atom. The Morgan fingerprint density at radius 3 is 1.89 bits per heavy atom. The van der Waals surface area contributed by atoms with E-state index in [1.54, 1.807) is 74.6 Å². The summed E-state index contributed by atoms with van der Waals surface area (Å²) in [6.45, 7) is 1.59. The molecule has 0 saturated carbocycles. The fraction of sp³-hybridized carbons (Fsp3) is 0.406. The monoisotopic (exact) mass is 1320 g/mol. The molecule has 0 radical (unpaired) electrons. The lowest BCUT2D eigenvalue weighted by atomic mass is 10.0. The Kier molecular flexibility index (Phi) is 30.0. The molecular weight excluding hydrogens is 1240 g/mol. The minimum Gasteiger partial charge on any atom is -0.508 e. The van der Waals surface area contributed by atoms with Gasteiger partial charge >= 0.3 is 6.09 Å². The van der Waals surface area contributed by atoms with Crippen molar-refractivity contribution in [2.24, 2.45) is 28.1 Å². The van der Waals surface area contributed by atoms with Crippen LogP contribution >= 0.6 is 12.4 Å². The minimum atomic E-state index is -1.79. The summed E-state index contributed by atoms with van der Waals surface area (Å²) in [5.41, 5.74) is 19.3. The minimum absolute atomic E-state index is 0. The number of nitrogens with one attached hydrogen (secondary N) is 10. The number of aliphatic imine (C=N–C) groups is 1. The Labute approximate surface area is 549 Å². The number of hydrogen-bond acceptors (Lipinski definition) is 15. The number of amides is 11. The van der Waals surface area contributed by atoms with Gasteiger partial charge in [0, 0.05) is 56.0 Å². The van der Waals surface area contributed by atoms with Gasteiger partial charge in [-0.25, -0.2) is 4.79 Å². The summed E-state index contributed by atoms with van der Waals surface area (Å²) in [6.07, 6.45) is 0.626. The van der Waals surface area contributed by atoms with Crippen LogP contribution in [0.25, 0.3) is 10.9 Å². The van der Waals surface area contributed by atoms with Gasteiger partial charge < -0.3 is 89.9 Å². The number of guanidine groups is 1. The molecule has 5 aromatic rings. The van der Waals surface area contributed by atoms with Crippen molar-refractivity contribution in [3.05, 3.63) is 138 Å². The van der Waals surface area contributed by atoms with E-state index in [4.69, 9.17) is 21.9 Å². The lowest BCUT2D eigenvalue weighted by Gasteiger charge is -2.30. The highest BCUT2D eigenvalue weighted by Gasteiger charge is 2.39.